The summed E-state index contributed by atoms with van der Waals surface area (Å²) in [5, 5.41) is 0. The molecule has 3 rings (SSSR count). The molecule has 0 radical (unpaired) electrons. The number of hydrogen-bond donors (Lipinski definition) is 0. The molecule has 1 fully saturated rings. The van der Waals surface area contributed by atoms with Gasteiger partial charge in [0, 0.05) is 38.9 Å². The second-order valence-corrected chi connectivity index (χ2v) is 10.4. The molecule has 0 N–H and O–H groups in total. The number of hydrogen-bond acceptors (Lipinski definition) is 4. The molecule has 1 amide bonds. The molecule has 1 aliphatic rings. The van der Waals surface area contributed by atoms with Crippen molar-refractivity contribution in [3.63, 3.8) is 0 Å². The molecule has 10 heteroatoms. The minimum Gasteiger partial charge on any atom is -0.368 e. The minimum absolute atomic E-state index is 0.206. The molecule has 0 spiro atoms. The van der Waals surface area contributed by atoms with Crippen LogP contribution in [0.4, 0.5) is 18.9 Å². The van der Waals surface area contributed by atoms with E-state index in [9.17, 15) is 26.4 Å². The highest BCUT2D eigenvalue weighted by molar-refractivity contribution is 7.89. The second kappa shape index (κ2) is 9.34. The monoisotopic (exact) mass is 483 g/mol. The number of carbonyl (C=O) groups excluding carboxylic acids is 1. The van der Waals surface area contributed by atoms with E-state index >= 15 is 0 Å². The predicted molar refractivity (Wildman–Crippen MR) is 121 cm³/mol. The number of anilines is 1. The third-order valence-electron chi connectivity index (χ3n) is 5.80. The quantitative estimate of drug-likeness (QED) is 0.652. The summed E-state index contributed by atoms with van der Waals surface area (Å²) in [6.45, 7) is 6.36. The molecule has 0 aliphatic carbocycles. The Morgan fingerprint density at radius 1 is 1.00 bits per heavy atom. The van der Waals surface area contributed by atoms with Crippen LogP contribution in [0.25, 0.3) is 0 Å². The van der Waals surface area contributed by atoms with Gasteiger partial charge in [-0.25, -0.2) is 8.42 Å². The van der Waals surface area contributed by atoms with Crippen LogP contribution >= 0.6 is 0 Å². The van der Waals surface area contributed by atoms with Gasteiger partial charge < -0.3 is 9.80 Å². The number of halogens is 3. The number of sulfonamides is 1. The molecular formula is C23H28F3N3O3S. The third-order valence-corrected chi connectivity index (χ3v) is 7.91. The Hall–Kier alpha value is -2.59. The Labute approximate surface area is 192 Å². The first kappa shape index (κ1) is 25.0. The first-order valence-electron chi connectivity index (χ1n) is 10.5. The largest absolute Gasteiger partial charge is 0.416 e. The average molecular weight is 484 g/mol. The van der Waals surface area contributed by atoms with Gasteiger partial charge >= 0.3 is 6.18 Å². The van der Waals surface area contributed by atoms with Crippen molar-refractivity contribution in [1.29, 1.82) is 0 Å². The number of nitrogens with zero attached hydrogens (tertiary/aromatic N) is 3. The van der Waals surface area contributed by atoms with E-state index in [1.807, 2.05) is 6.92 Å². The summed E-state index contributed by atoms with van der Waals surface area (Å²) in [5.74, 6) is -0.341. The maximum absolute atomic E-state index is 13.1. The average Bonchev–Trinajstić information content (AvgIpc) is 2.72. The van der Waals surface area contributed by atoms with Crippen molar-refractivity contribution in [3.8, 4) is 0 Å². The van der Waals surface area contributed by atoms with Gasteiger partial charge in [0.1, 0.15) is 0 Å². The van der Waals surface area contributed by atoms with Gasteiger partial charge in [-0.15, -0.1) is 0 Å². The number of rotatable bonds is 5. The summed E-state index contributed by atoms with van der Waals surface area (Å²) in [6, 6.07) is 8.69. The highest BCUT2D eigenvalue weighted by Gasteiger charge is 2.32. The highest BCUT2D eigenvalue weighted by Crippen LogP contribution is 2.32. The number of benzene rings is 2. The normalized spacial score (nSPS) is 15.3. The molecule has 33 heavy (non-hydrogen) atoms. The van der Waals surface area contributed by atoms with Crippen LogP contribution in [-0.2, 0) is 21.0 Å². The smallest absolute Gasteiger partial charge is 0.368 e. The number of likely N-dealkylation sites (N-methyl/N-ethyl adjacent to an activating group) is 1. The lowest BCUT2D eigenvalue weighted by Gasteiger charge is -2.37. The molecule has 180 valence electrons. The van der Waals surface area contributed by atoms with E-state index in [1.165, 1.54) is 13.1 Å². The molecular weight excluding hydrogens is 455 g/mol. The Kier molecular flexibility index (Phi) is 7.09. The molecule has 1 heterocycles. The Morgan fingerprint density at radius 3 is 2.12 bits per heavy atom. The van der Waals surface area contributed by atoms with E-state index in [0.29, 0.717) is 43.0 Å². The molecule has 0 saturated carbocycles. The molecule has 2 aromatic carbocycles. The van der Waals surface area contributed by atoms with Gasteiger partial charge in [-0.1, -0.05) is 23.8 Å². The van der Waals surface area contributed by atoms with Crippen LogP contribution in [0, 0.1) is 20.8 Å². The van der Waals surface area contributed by atoms with E-state index in [-0.39, 0.29) is 17.3 Å². The lowest BCUT2D eigenvalue weighted by atomic mass is 10.1. The molecule has 6 nitrogen and oxygen atoms in total. The van der Waals surface area contributed by atoms with Gasteiger partial charge in [0.15, 0.2) is 0 Å². The number of alkyl halides is 3. The first-order chi connectivity index (χ1) is 15.3. The molecule has 0 aromatic heterocycles. The summed E-state index contributed by atoms with van der Waals surface area (Å²) < 4.78 is 66.2. The van der Waals surface area contributed by atoms with Crippen LogP contribution < -0.4 is 4.90 Å². The van der Waals surface area contributed by atoms with E-state index in [1.54, 1.807) is 41.8 Å². The van der Waals surface area contributed by atoms with E-state index in [2.05, 4.69) is 0 Å². The summed E-state index contributed by atoms with van der Waals surface area (Å²) >= 11 is 0. The van der Waals surface area contributed by atoms with Gasteiger partial charge in [0.05, 0.1) is 17.0 Å². The number of piperazine rings is 1. The van der Waals surface area contributed by atoms with Gasteiger partial charge in [0.2, 0.25) is 15.9 Å². The molecule has 0 atom stereocenters. The molecule has 1 saturated heterocycles. The van der Waals surface area contributed by atoms with Crippen molar-refractivity contribution >= 4 is 21.6 Å². The first-order valence-corrected chi connectivity index (χ1v) is 12.0. The van der Waals surface area contributed by atoms with Crippen molar-refractivity contribution < 1.29 is 26.4 Å². The van der Waals surface area contributed by atoms with Crippen molar-refractivity contribution in [2.45, 2.75) is 31.8 Å². The van der Waals surface area contributed by atoms with E-state index < -0.39 is 21.8 Å². The lowest BCUT2D eigenvalue weighted by Crippen LogP contribution is -2.51. The Bertz CT molecular complexity index is 1120. The molecule has 2 aromatic rings. The fourth-order valence-corrected chi connectivity index (χ4v) is 5.72. The minimum atomic E-state index is -4.42. The van der Waals surface area contributed by atoms with E-state index in [0.717, 1.165) is 22.0 Å². The Morgan fingerprint density at radius 2 is 1.58 bits per heavy atom. The standard InChI is InChI=1S/C23H28F3N3O3S/c1-16-12-17(2)22(18(3)13-16)33(31,32)27(4)15-21(30)29-10-8-28(9-11-29)20-7-5-6-19(14-20)23(24,25)26/h5-7,12-14H,8-11,15H2,1-4H3. The summed E-state index contributed by atoms with van der Waals surface area (Å²) in [4.78, 5) is 16.3. The van der Waals surface area contributed by atoms with Gasteiger partial charge in [-0.2, -0.15) is 17.5 Å². The Balaban J connectivity index is 1.65. The second-order valence-electron chi connectivity index (χ2n) is 8.40. The number of carbonyl (C=O) groups is 1. The fourth-order valence-electron chi connectivity index (χ4n) is 4.20. The van der Waals surface area contributed by atoms with Crippen molar-refractivity contribution in [2.24, 2.45) is 0 Å². The van der Waals surface area contributed by atoms with Crippen LogP contribution in [0.5, 0.6) is 0 Å². The van der Waals surface area contributed by atoms with Crippen LogP contribution in [0.2, 0.25) is 0 Å². The molecule has 1 aliphatic heterocycles. The van der Waals surface area contributed by atoms with Crippen LogP contribution in [0.1, 0.15) is 22.3 Å². The molecule has 0 bridgehead atoms. The SMILES string of the molecule is Cc1cc(C)c(S(=O)(=O)N(C)CC(=O)N2CCN(c3cccc(C(F)(F)F)c3)CC2)c(C)c1. The topological polar surface area (TPSA) is 60.9 Å². The third kappa shape index (κ3) is 5.50. The zero-order valence-corrected chi connectivity index (χ0v) is 19.9. The van der Waals surface area contributed by atoms with Crippen LogP contribution in [-0.4, -0.2) is 63.3 Å². The highest BCUT2D eigenvalue weighted by atomic mass is 32.2. The maximum Gasteiger partial charge on any atom is 0.416 e. The lowest BCUT2D eigenvalue weighted by molar-refractivity contribution is -0.137. The van der Waals surface area contributed by atoms with Crippen molar-refractivity contribution in [3.05, 3.63) is 58.7 Å². The van der Waals surface area contributed by atoms with Crippen molar-refractivity contribution in [2.75, 3.05) is 44.7 Å². The zero-order valence-electron chi connectivity index (χ0n) is 19.1. The number of amides is 1. The summed E-state index contributed by atoms with van der Waals surface area (Å²) in [5.41, 5.74) is 1.94. The van der Waals surface area contributed by atoms with E-state index in [4.69, 9.17) is 0 Å². The van der Waals surface area contributed by atoms with Crippen molar-refractivity contribution in [1.82, 2.24) is 9.21 Å². The summed E-state index contributed by atoms with van der Waals surface area (Å²) in [7, 11) is -2.47. The van der Waals surface area contributed by atoms with Gasteiger partial charge in [0.25, 0.3) is 0 Å². The zero-order chi connectivity index (χ0) is 24.6. The van der Waals surface area contributed by atoms with Gasteiger partial charge in [-0.05, 0) is 50.1 Å². The maximum atomic E-state index is 13.1. The fraction of sp³-hybridized carbons (Fsp3) is 0.435. The number of aryl methyl sites for hydroxylation is 3. The molecule has 0 unspecified atom stereocenters. The van der Waals surface area contributed by atoms with Crippen LogP contribution in [0.15, 0.2) is 41.3 Å². The predicted octanol–water partition coefficient (Wildman–Crippen LogP) is 3.60. The van der Waals surface area contributed by atoms with Crippen LogP contribution in [0.3, 0.4) is 0 Å². The van der Waals surface area contributed by atoms with Gasteiger partial charge in [-0.3, -0.25) is 4.79 Å². The summed E-state index contributed by atoms with van der Waals surface area (Å²) in [6.07, 6.45) is -4.42.